The molecule has 0 atom stereocenters. The van der Waals surface area contributed by atoms with Crippen molar-refractivity contribution in [2.24, 2.45) is 0 Å². The second kappa shape index (κ2) is 7.59. The topological polar surface area (TPSA) is 41.1 Å². The van der Waals surface area contributed by atoms with Crippen LogP contribution in [-0.2, 0) is 6.18 Å². The Hall–Kier alpha value is -2.18. The van der Waals surface area contributed by atoms with Gasteiger partial charge in [-0.15, -0.1) is 0 Å². The molecule has 2 aromatic carbocycles. The average molecular weight is 375 g/mol. The number of nitrogens with one attached hydrogen (secondary N) is 2. The van der Waals surface area contributed by atoms with Gasteiger partial charge in [0, 0.05) is 16.2 Å². The second-order valence-corrected chi connectivity index (χ2v) is 5.48. The molecule has 0 aromatic heterocycles. The van der Waals surface area contributed by atoms with Crippen LogP contribution in [0.4, 0.5) is 23.7 Å². The van der Waals surface area contributed by atoms with Gasteiger partial charge in [-0.2, -0.15) is 13.2 Å². The first-order valence-corrected chi connectivity index (χ1v) is 7.38. The van der Waals surface area contributed by atoms with Gasteiger partial charge < -0.3 is 10.6 Å². The number of amides is 2. The molecule has 0 aliphatic heterocycles. The molecular weight excluding hydrogens is 364 g/mol. The van der Waals surface area contributed by atoms with E-state index < -0.39 is 23.5 Å². The van der Waals surface area contributed by atoms with Gasteiger partial charge in [0.1, 0.15) is 0 Å². The summed E-state index contributed by atoms with van der Waals surface area (Å²) in [5, 5.41) is 4.85. The molecule has 0 saturated carbocycles. The number of rotatable bonds is 3. The normalized spacial score (nSPS) is 11.5. The van der Waals surface area contributed by atoms with Crippen LogP contribution in [0.5, 0.6) is 0 Å². The maximum absolute atomic E-state index is 12.9. The smallest absolute Gasteiger partial charge is 0.314 e. The second-order valence-electron chi connectivity index (χ2n) is 4.64. The first-order chi connectivity index (χ1) is 11.3. The molecule has 0 bridgehead atoms. The molecule has 0 radical (unpaired) electrons. The van der Waals surface area contributed by atoms with Gasteiger partial charge in [-0.05, 0) is 35.9 Å². The monoisotopic (exact) mass is 374 g/mol. The molecule has 24 heavy (non-hydrogen) atoms. The summed E-state index contributed by atoms with van der Waals surface area (Å²) >= 11 is 11.5. The number of alkyl halides is 3. The quantitative estimate of drug-likeness (QED) is 0.699. The number of carbonyl (C=O) groups is 1. The van der Waals surface area contributed by atoms with Crippen molar-refractivity contribution in [1.29, 1.82) is 0 Å². The summed E-state index contributed by atoms with van der Waals surface area (Å²) in [5.41, 5.74) is -0.766. The Morgan fingerprint density at radius 1 is 1.08 bits per heavy atom. The van der Waals surface area contributed by atoms with E-state index in [1.807, 2.05) is 0 Å². The van der Waals surface area contributed by atoms with Crippen LogP contribution in [0.25, 0.3) is 6.08 Å². The van der Waals surface area contributed by atoms with E-state index in [-0.39, 0.29) is 5.02 Å². The van der Waals surface area contributed by atoms with Crippen molar-refractivity contribution in [2.45, 2.75) is 6.18 Å². The first-order valence-electron chi connectivity index (χ1n) is 6.63. The fourth-order valence-electron chi connectivity index (χ4n) is 1.84. The molecule has 0 heterocycles. The molecule has 2 N–H and O–H groups in total. The largest absolute Gasteiger partial charge is 0.418 e. The summed E-state index contributed by atoms with van der Waals surface area (Å²) in [7, 11) is 0. The molecule has 0 spiro atoms. The van der Waals surface area contributed by atoms with Crippen LogP contribution in [0, 0.1) is 0 Å². The molecule has 126 valence electrons. The highest BCUT2D eigenvalue weighted by Crippen LogP contribution is 2.36. The van der Waals surface area contributed by atoms with E-state index in [0.717, 1.165) is 12.1 Å². The van der Waals surface area contributed by atoms with Crippen LogP contribution in [-0.4, -0.2) is 6.03 Å². The van der Waals surface area contributed by atoms with Crippen LogP contribution < -0.4 is 10.6 Å². The Labute approximate surface area is 146 Å². The van der Waals surface area contributed by atoms with Crippen LogP contribution in [0.2, 0.25) is 10.0 Å². The highest BCUT2D eigenvalue weighted by Gasteiger charge is 2.34. The Kier molecular flexibility index (Phi) is 5.75. The average Bonchev–Trinajstić information content (AvgIpc) is 2.50. The fraction of sp³-hybridized carbons (Fsp3) is 0.0625. The van der Waals surface area contributed by atoms with Crippen molar-refractivity contribution in [2.75, 3.05) is 5.32 Å². The molecule has 0 aliphatic carbocycles. The molecule has 0 fully saturated rings. The van der Waals surface area contributed by atoms with Crippen molar-refractivity contribution in [3.05, 3.63) is 69.8 Å². The summed E-state index contributed by atoms with van der Waals surface area (Å²) in [5.74, 6) is 0. The third-order valence-electron chi connectivity index (χ3n) is 2.92. The van der Waals surface area contributed by atoms with Gasteiger partial charge >= 0.3 is 12.2 Å². The summed E-state index contributed by atoms with van der Waals surface area (Å²) in [6.45, 7) is 0. The van der Waals surface area contributed by atoms with Crippen LogP contribution in [0.15, 0.2) is 48.7 Å². The highest BCUT2D eigenvalue weighted by atomic mass is 35.5. The van der Waals surface area contributed by atoms with Gasteiger partial charge in [0.15, 0.2) is 0 Å². The van der Waals surface area contributed by atoms with Crippen LogP contribution in [0.1, 0.15) is 11.1 Å². The third kappa shape index (κ3) is 4.91. The maximum atomic E-state index is 12.9. The summed E-state index contributed by atoms with van der Waals surface area (Å²) < 4.78 is 38.8. The Morgan fingerprint density at radius 3 is 2.46 bits per heavy atom. The molecule has 2 aromatic rings. The number of carbonyl (C=O) groups excluding carboxylic acids is 1. The molecule has 3 nitrogen and oxygen atoms in total. The van der Waals surface area contributed by atoms with Crippen LogP contribution >= 0.6 is 23.2 Å². The van der Waals surface area contributed by atoms with Gasteiger partial charge in [0.25, 0.3) is 0 Å². The SMILES string of the molecule is O=C(N/C=C/c1ccccc1Cl)Nc1ccc(Cl)cc1C(F)(F)F. The van der Waals surface area contributed by atoms with E-state index in [9.17, 15) is 18.0 Å². The van der Waals surface area contributed by atoms with Gasteiger partial charge in [-0.1, -0.05) is 41.4 Å². The number of hydrogen-bond acceptors (Lipinski definition) is 1. The molecule has 0 aliphatic rings. The van der Waals surface area contributed by atoms with Crippen molar-refractivity contribution >= 4 is 41.0 Å². The fourth-order valence-corrected chi connectivity index (χ4v) is 2.21. The molecular formula is C16H11Cl2F3N2O. The zero-order valence-corrected chi connectivity index (χ0v) is 13.5. The Bertz CT molecular complexity index is 776. The maximum Gasteiger partial charge on any atom is 0.418 e. The van der Waals surface area contributed by atoms with Crippen molar-refractivity contribution in [3.63, 3.8) is 0 Å². The minimum absolute atomic E-state index is 0.0769. The zero-order chi connectivity index (χ0) is 17.7. The minimum Gasteiger partial charge on any atom is -0.314 e. The number of anilines is 1. The lowest BCUT2D eigenvalue weighted by Crippen LogP contribution is -2.25. The van der Waals surface area contributed by atoms with Crippen molar-refractivity contribution in [3.8, 4) is 0 Å². The number of urea groups is 1. The lowest BCUT2D eigenvalue weighted by molar-refractivity contribution is -0.136. The summed E-state index contributed by atoms with van der Waals surface area (Å²) in [4.78, 5) is 11.7. The summed E-state index contributed by atoms with van der Waals surface area (Å²) in [6, 6.07) is 9.16. The minimum atomic E-state index is -4.64. The lowest BCUT2D eigenvalue weighted by Gasteiger charge is -2.13. The van der Waals surface area contributed by atoms with E-state index in [2.05, 4.69) is 10.6 Å². The molecule has 2 rings (SSSR count). The zero-order valence-electron chi connectivity index (χ0n) is 12.0. The van der Waals surface area contributed by atoms with E-state index >= 15 is 0 Å². The van der Waals surface area contributed by atoms with Gasteiger partial charge in [-0.3, -0.25) is 0 Å². The predicted molar refractivity (Wildman–Crippen MR) is 89.1 cm³/mol. The standard InChI is InChI=1S/C16H11Cl2F3N2O/c17-11-5-6-14(12(9-11)16(19,20)21)23-15(24)22-8-7-10-3-1-2-4-13(10)18/h1-9H,(H2,22,23,24)/b8-7+. The van der Waals surface area contributed by atoms with E-state index in [1.165, 1.54) is 18.3 Å². The lowest BCUT2D eigenvalue weighted by atomic mass is 10.1. The van der Waals surface area contributed by atoms with E-state index in [4.69, 9.17) is 23.2 Å². The highest BCUT2D eigenvalue weighted by molar-refractivity contribution is 6.32. The Balaban J connectivity index is 2.07. The summed E-state index contributed by atoms with van der Waals surface area (Å²) in [6.07, 6.45) is -1.84. The number of benzene rings is 2. The predicted octanol–water partition coefficient (Wildman–Crippen LogP) is 5.80. The van der Waals surface area contributed by atoms with Gasteiger partial charge in [0.2, 0.25) is 0 Å². The molecule has 8 heteroatoms. The van der Waals surface area contributed by atoms with Crippen molar-refractivity contribution < 1.29 is 18.0 Å². The number of halogens is 5. The first kappa shape index (κ1) is 18.2. The third-order valence-corrected chi connectivity index (χ3v) is 3.50. The van der Waals surface area contributed by atoms with Gasteiger partial charge in [-0.25, -0.2) is 4.79 Å². The Morgan fingerprint density at radius 2 is 1.79 bits per heavy atom. The number of hydrogen-bond donors (Lipinski definition) is 2. The van der Waals surface area contributed by atoms with E-state index in [1.54, 1.807) is 24.3 Å². The molecule has 0 unspecified atom stereocenters. The van der Waals surface area contributed by atoms with Gasteiger partial charge in [0.05, 0.1) is 11.3 Å². The molecule has 2 amide bonds. The van der Waals surface area contributed by atoms with E-state index in [0.29, 0.717) is 10.6 Å². The van der Waals surface area contributed by atoms with Crippen LogP contribution in [0.3, 0.4) is 0 Å². The van der Waals surface area contributed by atoms with Crippen molar-refractivity contribution in [1.82, 2.24) is 5.32 Å². The molecule has 0 saturated heterocycles.